The van der Waals surface area contributed by atoms with Crippen LogP contribution in [0.15, 0.2) is 72.3 Å². The predicted octanol–water partition coefficient (Wildman–Crippen LogP) is 5.74. The maximum Gasteiger partial charge on any atom is 0.295 e. The Kier molecular flexibility index (Phi) is 10.3. The third kappa shape index (κ3) is 6.60. The van der Waals surface area contributed by atoms with E-state index >= 15 is 0 Å². The number of nitrogens with zero attached hydrogens (tertiary/aromatic N) is 2. The molecule has 1 fully saturated rings. The van der Waals surface area contributed by atoms with Crippen molar-refractivity contribution in [3.8, 4) is 17.2 Å². The molecular weight excluding hydrogens is 532 g/mol. The fraction of sp³-hybridized carbons (Fsp3) is 0.353. The number of likely N-dealkylation sites (N-methyl/N-ethyl adjacent to an activating group) is 1. The SMILES string of the molecule is CCOc1ccc(/C(O)=C2\C(=O)C(=O)N(CCN(CC)CC)C2c2ccc(OCc3ccccc3)c(OC)c2)c(C)c1. The molecule has 222 valence electrons. The fourth-order valence-electron chi connectivity index (χ4n) is 5.26. The van der Waals surface area contributed by atoms with Crippen molar-refractivity contribution < 1.29 is 28.9 Å². The van der Waals surface area contributed by atoms with Crippen LogP contribution in [-0.4, -0.2) is 66.5 Å². The van der Waals surface area contributed by atoms with Crippen molar-refractivity contribution in [2.75, 3.05) is 39.9 Å². The molecule has 8 nitrogen and oxygen atoms in total. The normalized spacial score (nSPS) is 16.2. The molecule has 0 aliphatic carbocycles. The molecule has 42 heavy (non-hydrogen) atoms. The number of ether oxygens (including phenoxy) is 3. The van der Waals surface area contributed by atoms with Crippen LogP contribution in [0.1, 0.15) is 49.1 Å². The lowest BCUT2D eigenvalue weighted by atomic mass is 9.93. The molecule has 0 spiro atoms. The Labute approximate surface area is 248 Å². The summed E-state index contributed by atoms with van der Waals surface area (Å²) in [5.74, 6) is 0.100. The Morgan fingerprint density at radius 1 is 0.929 bits per heavy atom. The van der Waals surface area contributed by atoms with Gasteiger partial charge in [-0.15, -0.1) is 0 Å². The zero-order chi connectivity index (χ0) is 30.2. The van der Waals surface area contributed by atoms with Crippen LogP contribution < -0.4 is 14.2 Å². The first-order valence-electron chi connectivity index (χ1n) is 14.4. The monoisotopic (exact) mass is 572 g/mol. The number of amides is 1. The second kappa shape index (κ2) is 14.0. The van der Waals surface area contributed by atoms with Crippen molar-refractivity contribution >= 4 is 17.4 Å². The number of benzene rings is 3. The topological polar surface area (TPSA) is 88.5 Å². The highest BCUT2D eigenvalue weighted by atomic mass is 16.5. The molecule has 3 aromatic carbocycles. The van der Waals surface area contributed by atoms with Crippen LogP contribution >= 0.6 is 0 Å². The molecule has 1 N–H and O–H groups in total. The van der Waals surface area contributed by atoms with Crippen LogP contribution in [0.3, 0.4) is 0 Å². The number of carbonyl (C=O) groups is 2. The average molecular weight is 573 g/mol. The third-order valence-corrected chi connectivity index (χ3v) is 7.60. The van der Waals surface area contributed by atoms with Crippen LogP contribution in [0.25, 0.3) is 5.76 Å². The van der Waals surface area contributed by atoms with E-state index in [1.807, 2.05) is 56.3 Å². The number of likely N-dealkylation sites (tertiary alicyclic amines) is 1. The van der Waals surface area contributed by atoms with Gasteiger partial charge >= 0.3 is 0 Å². The van der Waals surface area contributed by atoms with Crippen molar-refractivity contribution in [3.05, 3.63) is 94.6 Å². The van der Waals surface area contributed by atoms with Gasteiger partial charge in [0.2, 0.25) is 0 Å². The van der Waals surface area contributed by atoms with Gasteiger partial charge in [-0.05, 0) is 74.0 Å². The molecule has 1 amide bonds. The molecule has 0 saturated carbocycles. The summed E-state index contributed by atoms with van der Waals surface area (Å²) < 4.78 is 17.3. The second-order valence-corrected chi connectivity index (χ2v) is 10.1. The highest BCUT2D eigenvalue weighted by Gasteiger charge is 2.46. The van der Waals surface area contributed by atoms with Gasteiger partial charge in [-0.1, -0.05) is 50.2 Å². The van der Waals surface area contributed by atoms with Gasteiger partial charge < -0.3 is 29.1 Å². The maximum atomic E-state index is 13.6. The molecule has 4 rings (SSSR count). The van der Waals surface area contributed by atoms with Crippen LogP contribution in [0.4, 0.5) is 0 Å². The minimum Gasteiger partial charge on any atom is -0.507 e. The summed E-state index contributed by atoms with van der Waals surface area (Å²) in [5.41, 5.74) is 2.91. The third-order valence-electron chi connectivity index (χ3n) is 7.60. The van der Waals surface area contributed by atoms with E-state index in [1.165, 1.54) is 0 Å². The van der Waals surface area contributed by atoms with E-state index in [0.717, 1.165) is 24.2 Å². The lowest BCUT2D eigenvalue weighted by Gasteiger charge is -2.28. The number of aliphatic hydroxyl groups excluding tert-OH is 1. The van der Waals surface area contributed by atoms with Crippen molar-refractivity contribution in [1.82, 2.24) is 9.80 Å². The Hall–Kier alpha value is -4.30. The minimum atomic E-state index is -0.802. The first-order chi connectivity index (χ1) is 20.3. The second-order valence-electron chi connectivity index (χ2n) is 10.1. The highest BCUT2D eigenvalue weighted by Crippen LogP contribution is 2.42. The molecule has 3 aromatic rings. The van der Waals surface area contributed by atoms with Gasteiger partial charge in [-0.2, -0.15) is 0 Å². The van der Waals surface area contributed by atoms with E-state index in [2.05, 4.69) is 18.7 Å². The lowest BCUT2D eigenvalue weighted by molar-refractivity contribution is -0.140. The van der Waals surface area contributed by atoms with Gasteiger partial charge in [0.05, 0.1) is 25.3 Å². The summed E-state index contributed by atoms with van der Waals surface area (Å²) in [5, 5.41) is 11.6. The van der Waals surface area contributed by atoms with Crippen molar-refractivity contribution in [2.45, 2.75) is 40.3 Å². The number of hydrogen-bond donors (Lipinski definition) is 1. The van der Waals surface area contributed by atoms with E-state index in [1.54, 1.807) is 36.3 Å². The van der Waals surface area contributed by atoms with E-state index in [4.69, 9.17) is 14.2 Å². The molecule has 8 heteroatoms. The number of aryl methyl sites for hydroxylation is 1. The summed E-state index contributed by atoms with van der Waals surface area (Å²) in [6.45, 7) is 11.3. The van der Waals surface area contributed by atoms with Gasteiger partial charge in [-0.3, -0.25) is 9.59 Å². The summed E-state index contributed by atoms with van der Waals surface area (Å²) in [6.07, 6.45) is 0. The van der Waals surface area contributed by atoms with Gasteiger partial charge in [0.1, 0.15) is 18.1 Å². The Morgan fingerprint density at radius 3 is 2.31 bits per heavy atom. The average Bonchev–Trinajstić information content (AvgIpc) is 3.26. The standard InChI is InChI=1S/C34H40N2O6/c1-6-35(7-2)18-19-36-31(25-14-17-28(29(21-25)40-5)42-22-24-12-10-9-11-13-24)30(33(38)34(36)39)32(37)27-16-15-26(41-8-3)20-23(27)4/h9-17,20-21,31,37H,6-8,18-19,22H2,1-5H3/b32-30+. The van der Waals surface area contributed by atoms with E-state index in [9.17, 15) is 14.7 Å². The smallest absolute Gasteiger partial charge is 0.295 e. The minimum absolute atomic E-state index is 0.0480. The van der Waals surface area contributed by atoms with Crippen LogP contribution in [0, 0.1) is 6.92 Å². The molecule has 1 saturated heterocycles. The number of rotatable bonds is 13. The summed E-state index contributed by atoms with van der Waals surface area (Å²) in [6, 6.07) is 19.7. The van der Waals surface area contributed by atoms with Gasteiger partial charge in [-0.25, -0.2) is 0 Å². The zero-order valence-electron chi connectivity index (χ0n) is 25.1. The van der Waals surface area contributed by atoms with Gasteiger partial charge in [0, 0.05) is 18.7 Å². The first kappa shape index (κ1) is 30.7. The van der Waals surface area contributed by atoms with E-state index in [0.29, 0.717) is 54.7 Å². The molecule has 0 bridgehead atoms. The Bertz CT molecular complexity index is 1430. The van der Waals surface area contributed by atoms with Crippen LogP contribution in [0.5, 0.6) is 17.2 Å². The van der Waals surface area contributed by atoms with E-state index in [-0.39, 0.29) is 11.3 Å². The zero-order valence-corrected chi connectivity index (χ0v) is 25.1. The van der Waals surface area contributed by atoms with Gasteiger partial charge in [0.15, 0.2) is 11.5 Å². The number of ketones is 1. The molecule has 1 aliphatic rings. The first-order valence-corrected chi connectivity index (χ1v) is 14.4. The lowest BCUT2D eigenvalue weighted by Crippen LogP contribution is -2.38. The quantitative estimate of drug-likeness (QED) is 0.159. The summed E-state index contributed by atoms with van der Waals surface area (Å²) in [4.78, 5) is 30.8. The summed E-state index contributed by atoms with van der Waals surface area (Å²) in [7, 11) is 1.55. The highest BCUT2D eigenvalue weighted by molar-refractivity contribution is 6.46. The summed E-state index contributed by atoms with van der Waals surface area (Å²) >= 11 is 0. The van der Waals surface area contributed by atoms with Crippen molar-refractivity contribution in [1.29, 1.82) is 0 Å². The fourth-order valence-corrected chi connectivity index (χ4v) is 5.26. The maximum absolute atomic E-state index is 13.6. The van der Waals surface area contributed by atoms with Crippen molar-refractivity contribution in [3.63, 3.8) is 0 Å². The number of methoxy groups -OCH3 is 1. The van der Waals surface area contributed by atoms with Crippen LogP contribution in [-0.2, 0) is 16.2 Å². The molecule has 1 heterocycles. The number of carbonyl (C=O) groups excluding carboxylic acids is 2. The molecule has 0 aromatic heterocycles. The number of Topliss-reactive ketones (excluding diaryl/α,β-unsaturated/α-hetero) is 1. The van der Waals surface area contributed by atoms with Crippen LogP contribution in [0.2, 0.25) is 0 Å². The molecule has 1 atom stereocenters. The Balaban J connectivity index is 1.77. The van der Waals surface area contributed by atoms with Gasteiger partial charge in [0.25, 0.3) is 11.7 Å². The molecule has 1 unspecified atom stereocenters. The largest absolute Gasteiger partial charge is 0.507 e. The predicted molar refractivity (Wildman–Crippen MR) is 163 cm³/mol. The van der Waals surface area contributed by atoms with E-state index < -0.39 is 17.7 Å². The molecule has 0 radical (unpaired) electrons. The number of aliphatic hydroxyl groups is 1. The van der Waals surface area contributed by atoms with Crippen molar-refractivity contribution in [2.24, 2.45) is 0 Å². The number of hydrogen-bond acceptors (Lipinski definition) is 7. The Morgan fingerprint density at radius 2 is 1.67 bits per heavy atom. The molecule has 1 aliphatic heterocycles. The molecular formula is C34H40N2O6.